The fourth-order valence-corrected chi connectivity index (χ4v) is 3.21. The predicted molar refractivity (Wildman–Crippen MR) is 95.5 cm³/mol. The summed E-state index contributed by atoms with van der Waals surface area (Å²) < 4.78 is 10.6. The first kappa shape index (κ1) is 17.6. The fraction of sp³-hybridized carbons (Fsp3) is 0.474. The molecule has 0 unspecified atom stereocenters. The quantitative estimate of drug-likeness (QED) is 0.843. The Balaban J connectivity index is 1.63. The van der Waals surface area contributed by atoms with Gasteiger partial charge in [-0.25, -0.2) is 0 Å². The van der Waals surface area contributed by atoms with Gasteiger partial charge in [-0.1, -0.05) is 35.5 Å². The van der Waals surface area contributed by atoms with Crippen LogP contribution in [-0.4, -0.2) is 36.9 Å². The Morgan fingerprint density at radius 1 is 1.28 bits per heavy atom. The molecule has 3 rings (SSSR count). The minimum atomic E-state index is -0.339. The summed E-state index contributed by atoms with van der Waals surface area (Å²) in [6.45, 7) is 5.89. The van der Waals surface area contributed by atoms with E-state index in [4.69, 9.17) is 9.26 Å². The Morgan fingerprint density at radius 3 is 2.64 bits per heavy atom. The maximum Gasteiger partial charge on any atom is 0.243 e. The van der Waals surface area contributed by atoms with Crippen molar-refractivity contribution in [1.82, 2.24) is 10.5 Å². The summed E-state index contributed by atoms with van der Waals surface area (Å²) >= 11 is 0. The molecule has 1 fully saturated rings. The van der Waals surface area contributed by atoms with Crippen LogP contribution >= 0.6 is 0 Å². The van der Waals surface area contributed by atoms with Crippen LogP contribution < -0.4 is 10.6 Å². The molecule has 2 heterocycles. The van der Waals surface area contributed by atoms with Crippen molar-refractivity contribution in [2.45, 2.75) is 38.1 Å². The van der Waals surface area contributed by atoms with Crippen molar-refractivity contribution in [3.8, 4) is 0 Å². The molecule has 1 saturated heterocycles. The lowest BCUT2D eigenvalue weighted by Gasteiger charge is -2.38. The number of amides is 1. The van der Waals surface area contributed by atoms with E-state index in [-0.39, 0.29) is 17.4 Å². The first-order valence-electron chi connectivity index (χ1n) is 8.70. The number of hydrogen-bond acceptors (Lipinski definition) is 5. The molecule has 6 nitrogen and oxygen atoms in total. The van der Waals surface area contributed by atoms with E-state index >= 15 is 0 Å². The molecular weight excluding hydrogens is 318 g/mol. The van der Waals surface area contributed by atoms with E-state index in [1.54, 1.807) is 6.07 Å². The van der Waals surface area contributed by atoms with Crippen LogP contribution in [0.4, 0.5) is 5.88 Å². The zero-order valence-electron chi connectivity index (χ0n) is 14.7. The monoisotopic (exact) mass is 343 g/mol. The third kappa shape index (κ3) is 4.27. The molecule has 0 saturated carbocycles. The van der Waals surface area contributed by atoms with E-state index in [1.807, 2.05) is 19.9 Å². The zero-order chi connectivity index (χ0) is 17.7. The molecule has 1 aromatic heterocycles. The van der Waals surface area contributed by atoms with Crippen LogP contribution in [0.15, 0.2) is 40.9 Å². The van der Waals surface area contributed by atoms with Crippen LogP contribution in [-0.2, 0) is 14.9 Å². The Labute approximate surface area is 147 Å². The highest BCUT2D eigenvalue weighted by Gasteiger charge is 2.35. The minimum Gasteiger partial charge on any atom is -0.381 e. The number of aromatic nitrogens is 1. The van der Waals surface area contributed by atoms with Gasteiger partial charge in [-0.2, -0.15) is 0 Å². The molecule has 0 aliphatic carbocycles. The Kier molecular flexibility index (Phi) is 5.50. The molecule has 2 N–H and O–H groups in total. The van der Waals surface area contributed by atoms with Gasteiger partial charge in [0, 0.05) is 31.2 Å². The van der Waals surface area contributed by atoms with Gasteiger partial charge in [0.15, 0.2) is 0 Å². The molecule has 6 heteroatoms. The smallest absolute Gasteiger partial charge is 0.243 e. The highest BCUT2D eigenvalue weighted by Crippen LogP contribution is 2.34. The van der Waals surface area contributed by atoms with E-state index in [0.717, 1.165) is 38.3 Å². The van der Waals surface area contributed by atoms with Gasteiger partial charge in [0.1, 0.15) is 0 Å². The molecule has 0 bridgehead atoms. The lowest BCUT2D eigenvalue weighted by atomic mass is 9.74. The minimum absolute atomic E-state index is 0.00310. The summed E-state index contributed by atoms with van der Waals surface area (Å²) in [5.74, 6) is 0.242. The van der Waals surface area contributed by atoms with Crippen molar-refractivity contribution >= 4 is 11.8 Å². The molecule has 1 atom stereocenters. The number of aryl methyl sites for hydroxylation is 1. The van der Waals surface area contributed by atoms with Gasteiger partial charge in [-0.3, -0.25) is 10.1 Å². The molecular formula is C19H25N3O3. The van der Waals surface area contributed by atoms with E-state index in [2.05, 4.69) is 40.1 Å². The Hall–Kier alpha value is -2.18. The lowest BCUT2D eigenvalue weighted by molar-refractivity contribution is -0.118. The number of benzene rings is 1. The summed E-state index contributed by atoms with van der Waals surface area (Å²) in [6, 6.07) is 11.8. The van der Waals surface area contributed by atoms with E-state index < -0.39 is 0 Å². The fourth-order valence-electron chi connectivity index (χ4n) is 3.21. The van der Waals surface area contributed by atoms with E-state index in [9.17, 15) is 4.79 Å². The number of hydrogen-bond donors (Lipinski definition) is 2. The largest absolute Gasteiger partial charge is 0.381 e. The first-order valence-corrected chi connectivity index (χ1v) is 8.70. The third-order valence-corrected chi connectivity index (χ3v) is 4.85. The van der Waals surface area contributed by atoms with E-state index in [1.165, 1.54) is 5.56 Å². The van der Waals surface area contributed by atoms with Gasteiger partial charge in [-0.05, 0) is 32.3 Å². The standard InChI is InChI=1S/C19H25N3O3/c1-14-12-17(25-22-14)21-18(23)15(2)20-13-19(8-10-24-11-9-19)16-6-4-3-5-7-16/h3-7,12,15,20H,8-11,13H2,1-2H3,(H,21,23)/t15-/m0/s1. The van der Waals surface area contributed by atoms with Gasteiger partial charge < -0.3 is 14.6 Å². The first-order chi connectivity index (χ1) is 12.1. The van der Waals surface area contributed by atoms with Crippen LogP contribution in [0.25, 0.3) is 0 Å². The molecule has 2 aromatic rings. The van der Waals surface area contributed by atoms with Crippen molar-refractivity contribution in [1.29, 1.82) is 0 Å². The van der Waals surface area contributed by atoms with Crippen molar-refractivity contribution in [3.63, 3.8) is 0 Å². The van der Waals surface area contributed by atoms with Crippen LogP contribution in [0.1, 0.15) is 31.0 Å². The van der Waals surface area contributed by atoms with Crippen LogP contribution in [0.5, 0.6) is 0 Å². The molecule has 1 aliphatic heterocycles. The van der Waals surface area contributed by atoms with Crippen LogP contribution in [0.2, 0.25) is 0 Å². The van der Waals surface area contributed by atoms with E-state index in [0.29, 0.717) is 5.88 Å². The molecule has 0 spiro atoms. The molecule has 1 aliphatic rings. The zero-order valence-corrected chi connectivity index (χ0v) is 14.7. The third-order valence-electron chi connectivity index (χ3n) is 4.85. The SMILES string of the molecule is Cc1cc(NC(=O)[C@H](C)NCC2(c3ccccc3)CCOCC2)on1. The van der Waals surface area contributed by atoms with Gasteiger partial charge >= 0.3 is 0 Å². The maximum absolute atomic E-state index is 12.3. The second-order valence-electron chi connectivity index (χ2n) is 6.68. The Bertz CT molecular complexity index is 693. The molecule has 134 valence electrons. The second-order valence-corrected chi connectivity index (χ2v) is 6.68. The molecule has 1 aromatic carbocycles. The maximum atomic E-state index is 12.3. The van der Waals surface area contributed by atoms with Crippen molar-refractivity contribution < 1.29 is 14.1 Å². The molecule has 1 amide bonds. The summed E-state index contributed by atoms with van der Waals surface area (Å²) in [5.41, 5.74) is 2.03. The number of rotatable bonds is 6. The number of nitrogens with one attached hydrogen (secondary N) is 2. The van der Waals surface area contributed by atoms with Crippen LogP contribution in [0.3, 0.4) is 0 Å². The predicted octanol–water partition coefficient (Wildman–Crippen LogP) is 2.65. The topological polar surface area (TPSA) is 76.4 Å². The van der Waals surface area contributed by atoms with Gasteiger partial charge in [-0.15, -0.1) is 0 Å². The highest BCUT2D eigenvalue weighted by molar-refractivity contribution is 5.93. The number of ether oxygens (including phenoxy) is 1. The van der Waals surface area contributed by atoms with Crippen molar-refractivity contribution in [2.75, 3.05) is 25.1 Å². The summed E-state index contributed by atoms with van der Waals surface area (Å²) in [6.07, 6.45) is 1.89. The normalized spacial score (nSPS) is 17.8. The highest BCUT2D eigenvalue weighted by atomic mass is 16.5. The van der Waals surface area contributed by atoms with Crippen molar-refractivity contribution in [2.24, 2.45) is 0 Å². The number of carbonyl (C=O) groups is 1. The average molecular weight is 343 g/mol. The number of nitrogens with zero attached hydrogens (tertiary/aromatic N) is 1. The number of anilines is 1. The van der Waals surface area contributed by atoms with Crippen molar-refractivity contribution in [3.05, 3.63) is 47.7 Å². The van der Waals surface area contributed by atoms with Gasteiger partial charge in [0.25, 0.3) is 0 Å². The lowest BCUT2D eigenvalue weighted by Crippen LogP contribution is -2.48. The van der Waals surface area contributed by atoms with Crippen LogP contribution in [0, 0.1) is 6.92 Å². The summed E-state index contributed by atoms with van der Waals surface area (Å²) in [7, 11) is 0. The average Bonchev–Trinajstić information content (AvgIpc) is 3.06. The number of carbonyl (C=O) groups excluding carboxylic acids is 1. The Morgan fingerprint density at radius 2 is 2.00 bits per heavy atom. The summed E-state index contributed by atoms with van der Waals surface area (Å²) in [5, 5.41) is 9.91. The van der Waals surface area contributed by atoms with Gasteiger partial charge in [0.2, 0.25) is 11.8 Å². The molecule has 0 radical (unpaired) electrons. The second kappa shape index (κ2) is 7.80. The summed E-state index contributed by atoms with van der Waals surface area (Å²) in [4.78, 5) is 12.3. The molecule has 25 heavy (non-hydrogen) atoms. The van der Waals surface area contributed by atoms with Gasteiger partial charge in [0.05, 0.1) is 11.7 Å².